The number of nitrogens with one attached hydrogen (secondary N) is 2. The molecule has 0 amide bonds. The maximum absolute atomic E-state index is 6.08. The van der Waals surface area contributed by atoms with Crippen LogP contribution in [-0.4, -0.2) is 42.4 Å². The summed E-state index contributed by atoms with van der Waals surface area (Å²) in [5, 5.41) is 19.2. The van der Waals surface area contributed by atoms with Crippen molar-refractivity contribution in [3.05, 3.63) is 66.3 Å². The van der Waals surface area contributed by atoms with Crippen LogP contribution in [0.4, 0.5) is 5.82 Å². The first-order chi connectivity index (χ1) is 15.3. The molecule has 1 unspecified atom stereocenters. The van der Waals surface area contributed by atoms with Crippen molar-refractivity contribution in [1.29, 1.82) is 0 Å². The van der Waals surface area contributed by atoms with Crippen LogP contribution in [0.1, 0.15) is 25.7 Å². The van der Waals surface area contributed by atoms with Gasteiger partial charge in [-0.2, -0.15) is 0 Å². The van der Waals surface area contributed by atoms with Gasteiger partial charge in [0.15, 0.2) is 5.82 Å². The second kappa shape index (κ2) is 10.6. The van der Waals surface area contributed by atoms with Gasteiger partial charge in [-0.25, -0.2) is 0 Å². The molecule has 2 aromatic carbocycles. The minimum Gasteiger partial charge on any atom is -0.390 e. The smallest absolute Gasteiger partial charge is 0.159 e. The summed E-state index contributed by atoms with van der Waals surface area (Å²) < 4.78 is 0. The van der Waals surface area contributed by atoms with Crippen LogP contribution in [0.25, 0.3) is 22.0 Å². The van der Waals surface area contributed by atoms with Crippen LogP contribution >= 0.6 is 11.6 Å². The predicted molar refractivity (Wildman–Crippen MR) is 131 cm³/mol. The number of benzene rings is 2. The summed E-state index contributed by atoms with van der Waals surface area (Å²) >= 11 is 6.08. The van der Waals surface area contributed by atoms with Gasteiger partial charge < -0.3 is 15.5 Å². The van der Waals surface area contributed by atoms with Gasteiger partial charge in [-0.3, -0.25) is 0 Å². The largest absolute Gasteiger partial charge is 0.390 e. The van der Waals surface area contributed by atoms with Crippen LogP contribution in [0.3, 0.4) is 0 Å². The molecule has 1 atom stereocenters. The van der Waals surface area contributed by atoms with Gasteiger partial charge in [-0.05, 0) is 44.1 Å². The third-order valence-electron chi connectivity index (χ3n) is 5.92. The van der Waals surface area contributed by atoms with E-state index in [1.165, 1.54) is 19.3 Å². The number of nitrogens with zero attached hydrogens (tertiary/aromatic N) is 3. The average molecular weight is 436 g/mol. The average Bonchev–Trinajstić information content (AvgIpc) is 2.82. The third-order valence-corrected chi connectivity index (χ3v) is 6.17. The molecular formula is C25H30ClN5. The van der Waals surface area contributed by atoms with Crippen molar-refractivity contribution < 1.29 is 0 Å². The second-order valence-electron chi connectivity index (χ2n) is 8.01. The number of fused-ring (bicyclic) bond motifs is 1. The van der Waals surface area contributed by atoms with Gasteiger partial charge in [0.2, 0.25) is 0 Å². The molecule has 0 aliphatic carbocycles. The molecule has 4 rings (SSSR count). The van der Waals surface area contributed by atoms with E-state index in [2.05, 4.69) is 51.5 Å². The zero-order chi connectivity index (χ0) is 21.5. The Morgan fingerprint density at radius 2 is 1.87 bits per heavy atom. The second-order valence-corrected chi connectivity index (χ2v) is 8.44. The van der Waals surface area contributed by atoms with Crippen LogP contribution in [-0.2, 0) is 0 Å². The molecule has 2 N–H and O–H groups in total. The Hall–Kier alpha value is -2.63. The van der Waals surface area contributed by atoms with E-state index in [1.807, 2.05) is 24.3 Å². The van der Waals surface area contributed by atoms with Crippen molar-refractivity contribution >= 4 is 28.2 Å². The summed E-state index contributed by atoms with van der Waals surface area (Å²) in [4.78, 5) is 2.35. The molecule has 1 aliphatic heterocycles. The van der Waals surface area contributed by atoms with E-state index in [4.69, 9.17) is 16.7 Å². The summed E-state index contributed by atoms with van der Waals surface area (Å²) in [7, 11) is 0. The summed E-state index contributed by atoms with van der Waals surface area (Å²) in [5.41, 5.74) is 1.90. The van der Waals surface area contributed by atoms with E-state index in [1.54, 1.807) is 6.20 Å². The van der Waals surface area contributed by atoms with Crippen molar-refractivity contribution in [1.82, 2.24) is 20.8 Å². The normalized spacial score (nSPS) is 16.2. The van der Waals surface area contributed by atoms with Crippen molar-refractivity contribution in [3.63, 3.8) is 0 Å². The number of aromatic nitrogens is 2. The summed E-state index contributed by atoms with van der Waals surface area (Å²) in [6.07, 6.45) is 6.69. The Kier molecular flexibility index (Phi) is 7.39. The fourth-order valence-corrected chi connectivity index (χ4v) is 4.38. The SMILES string of the molecule is C=CNCCN(CCC1CCCCN1)c1nnc(-c2ccc(Cl)cc2)c2ccccc12. The molecule has 0 spiro atoms. The van der Waals surface area contributed by atoms with E-state index in [0.29, 0.717) is 6.04 Å². The minimum atomic E-state index is 0.580. The monoisotopic (exact) mass is 435 g/mol. The van der Waals surface area contributed by atoms with Crippen LogP contribution < -0.4 is 15.5 Å². The fraction of sp³-hybridized carbons (Fsp3) is 0.360. The number of hydrogen-bond acceptors (Lipinski definition) is 5. The maximum atomic E-state index is 6.08. The van der Waals surface area contributed by atoms with Crippen LogP contribution in [0, 0.1) is 0 Å². The lowest BCUT2D eigenvalue weighted by molar-refractivity contribution is 0.383. The third kappa shape index (κ3) is 5.35. The molecule has 0 saturated carbocycles. The fourth-order valence-electron chi connectivity index (χ4n) is 4.25. The van der Waals surface area contributed by atoms with Gasteiger partial charge in [0, 0.05) is 47.0 Å². The molecular weight excluding hydrogens is 406 g/mol. The number of piperidine rings is 1. The van der Waals surface area contributed by atoms with Gasteiger partial charge in [0.1, 0.15) is 5.69 Å². The van der Waals surface area contributed by atoms with E-state index in [0.717, 1.165) is 65.5 Å². The quantitative estimate of drug-likeness (QED) is 0.462. The molecule has 1 aromatic heterocycles. The van der Waals surface area contributed by atoms with Crippen LogP contribution in [0.2, 0.25) is 5.02 Å². The van der Waals surface area contributed by atoms with E-state index >= 15 is 0 Å². The molecule has 31 heavy (non-hydrogen) atoms. The Morgan fingerprint density at radius 3 is 2.61 bits per heavy atom. The lowest BCUT2D eigenvalue weighted by Crippen LogP contribution is -2.39. The Morgan fingerprint density at radius 1 is 1.06 bits per heavy atom. The molecule has 6 heteroatoms. The topological polar surface area (TPSA) is 53.1 Å². The lowest BCUT2D eigenvalue weighted by atomic mass is 10.0. The number of halogens is 1. The standard InChI is InChI=1S/C25H30ClN5/c1-2-27-16-18-31(17-14-21-7-5-6-15-28-21)25-23-9-4-3-8-22(23)24(29-30-25)19-10-12-20(26)13-11-19/h2-4,8-13,21,27-28H,1,5-7,14-18H2. The highest BCUT2D eigenvalue weighted by molar-refractivity contribution is 6.30. The molecule has 3 aromatic rings. The van der Waals surface area contributed by atoms with Crippen molar-refractivity contribution in [2.24, 2.45) is 0 Å². The van der Waals surface area contributed by atoms with Gasteiger partial charge in [0.25, 0.3) is 0 Å². The van der Waals surface area contributed by atoms with Crippen LogP contribution in [0.15, 0.2) is 61.3 Å². The lowest BCUT2D eigenvalue weighted by Gasteiger charge is -2.29. The van der Waals surface area contributed by atoms with Crippen molar-refractivity contribution in [3.8, 4) is 11.3 Å². The van der Waals surface area contributed by atoms with Gasteiger partial charge in [-0.1, -0.05) is 61.0 Å². The summed E-state index contributed by atoms with van der Waals surface area (Å²) in [6, 6.07) is 16.8. The Bertz CT molecular complexity index is 998. The Labute approximate surface area is 189 Å². The number of rotatable bonds is 9. The zero-order valence-corrected chi connectivity index (χ0v) is 18.6. The van der Waals surface area contributed by atoms with Crippen LogP contribution in [0.5, 0.6) is 0 Å². The molecule has 5 nitrogen and oxygen atoms in total. The first-order valence-electron chi connectivity index (χ1n) is 11.1. The van der Waals surface area contributed by atoms with Crippen molar-refractivity contribution in [2.45, 2.75) is 31.7 Å². The predicted octanol–water partition coefficient (Wildman–Crippen LogP) is 5.02. The molecule has 162 valence electrons. The minimum absolute atomic E-state index is 0.580. The molecule has 1 aliphatic rings. The number of anilines is 1. The first-order valence-corrected chi connectivity index (χ1v) is 11.5. The molecule has 0 radical (unpaired) electrons. The summed E-state index contributed by atoms with van der Waals surface area (Å²) in [6.45, 7) is 7.50. The number of hydrogen-bond donors (Lipinski definition) is 2. The van der Waals surface area contributed by atoms with Gasteiger partial charge in [-0.15, -0.1) is 10.2 Å². The first kappa shape index (κ1) is 21.6. The Balaban J connectivity index is 1.65. The van der Waals surface area contributed by atoms with E-state index in [9.17, 15) is 0 Å². The maximum Gasteiger partial charge on any atom is 0.159 e. The molecule has 1 saturated heterocycles. The zero-order valence-electron chi connectivity index (χ0n) is 17.9. The van der Waals surface area contributed by atoms with Gasteiger partial charge in [0.05, 0.1) is 0 Å². The molecule has 0 bridgehead atoms. The van der Waals surface area contributed by atoms with Gasteiger partial charge >= 0.3 is 0 Å². The molecule has 2 heterocycles. The van der Waals surface area contributed by atoms with E-state index < -0.39 is 0 Å². The molecule has 1 fully saturated rings. The highest BCUT2D eigenvalue weighted by Crippen LogP contribution is 2.32. The van der Waals surface area contributed by atoms with E-state index in [-0.39, 0.29) is 0 Å². The van der Waals surface area contributed by atoms with Crippen molar-refractivity contribution in [2.75, 3.05) is 31.1 Å². The highest BCUT2D eigenvalue weighted by atomic mass is 35.5. The summed E-state index contributed by atoms with van der Waals surface area (Å²) in [5.74, 6) is 0.940. The highest BCUT2D eigenvalue weighted by Gasteiger charge is 2.19.